The number of nitrogens with zero attached hydrogens (tertiary/aromatic N) is 1. The first-order valence-electron chi connectivity index (χ1n) is 6.11. The predicted octanol–water partition coefficient (Wildman–Crippen LogP) is 2.64. The Kier molecular flexibility index (Phi) is 5.63. The number of aromatic nitrogens is 1. The zero-order chi connectivity index (χ0) is 14.8. The van der Waals surface area contributed by atoms with Gasteiger partial charge in [-0.15, -0.1) is 12.4 Å². The molecule has 0 aliphatic rings. The Bertz CT molecular complexity index is 723. The van der Waals surface area contributed by atoms with Crippen LogP contribution in [0.3, 0.4) is 0 Å². The zero-order valence-electron chi connectivity index (χ0n) is 11.7. The Balaban J connectivity index is 0.00000220. The highest BCUT2D eigenvalue weighted by atomic mass is 35.5. The number of rotatable bonds is 4. The molecule has 1 heterocycles. The molecule has 0 unspecified atom stereocenters. The Labute approximate surface area is 130 Å². The molecular formula is C15H16ClNO3S. The van der Waals surface area contributed by atoms with Gasteiger partial charge in [-0.1, -0.05) is 12.1 Å². The number of hydrogen-bond acceptors (Lipinski definition) is 4. The van der Waals surface area contributed by atoms with Crippen LogP contribution in [0.5, 0.6) is 0 Å². The molecule has 0 atom stereocenters. The Morgan fingerprint density at radius 1 is 1.10 bits per heavy atom. The summed E-state index contributed by atoms with van der Waals surface area (Å²) in [5.41, 5.74) is 2.20. The summed E-state index contributed by atoms with van der Waals surface area (Å²) in [4.78, 5) is 16.4. The number of ketones is 1. The molecule has 6 heteroatoms. The number of aryl methyl sites for hydroxylation is 1. The fourth-order valence-corrected chi connectivity index (χ4v) is 2.41. The molecule has 1 aromatic carbocycles. The minimum absolute atomic E-state index is 0. The van der Waals surface area contributed by atoms with Crippen LogP contribution >= 0.6 is 12.4 Å². The van der Waals surface area contributed by atoms with Crippen molar-refractivity contribution >= 4 is 28.0 Å². The molecule has 112 valence electrons. The lowest BCUT2D eigenvalue weighted by molar-refractivity contribution is 0.0992. The molecule has 0 N–H and O–H groups in total. The lowest BCUT2D eigenvalue weighted by atomic mass is 10.0. The van der Waals surface area contributed by atoms with Crippen molar-refractivity contribution in [3.05, 3.63) is 59.4 Å². The van der Waals surface area contributed by atoms with Crippen LogP contribution in [0.15, 0.2) is 47.5 Å². The number of carbonyl (C=O) groups is 1. The van der Waals surface area contributed by atoms with Crippen molar-refractivity contribution < 1.29 is 13.2 Å². The van der Waals surface area contributed by atoms with Gasteiger partial charge in [0.05, 0.1) is 4.90 Å². The fraction of sp³-hybridized carbons (Fsp3) is 0.200. The minimum atomic E-state index is -3.20. The third kappa shape index (κ3) is 4.65. The molecule has 0 radical (unpaired) electrons. The van der Waals surface area contributed by atoms with E-state index in [9.17, 15) is 13.2 Å². The summed E-state index contributed by atoms with van der Waals surface area (Å²) in [6, 6.07) is 9.90. The van der Waals surface area contributed by atoms with E-state index in [1.165, 1.54) is 12.1 Å². The minimum Gasteiger partial charge on any atom is -0.294 e. The van der Waals surface area contributed by atoms with Gasteiger partial charge in [0.25, 0.3) is 0 Å². The van der Waals surface area contributed by atoms with E-state index < -0.39 is 9.84 Å². The average molecular weight is 326 g/mol. The van der Waals surface area contributed by atoms with Crippen LogP contribution in [-0.4, -0.2) is 25.4 Å². The maximum absolute atomic E-state index is 12.0. The first kappa shape index (κ1) is 17.3. The summed E-state index contributed by atoms with van der Waals surface area (Å²) in [5.74, 6) is -0.0374. The maximum Gasteiger partial charge on any atom is 0.175 e. The standard InChI is InChI=1S/C15H15NO3S.ClH/c1-11-3-6-13(10-16-11)15(17)9-12-4-7-14(8-5-12)20(2,18)19;/h3-8,10H,9H2,1-2H3;1H. The summed E-state index contributed by atoms with van der Waals surface area (Å²) < 4.78 is 22.7. The van der Waals surface area contributed by atoms with Crippen molar-refractivity contribution in [1.29, 1.82) is 0 Å². The van der Waals surface area contributed by atoms with Gasteiger partial charge in [0.1, 0.15) is 0 Å². The van der Waals surface area contributed by atoms with Crippen molar-refractivity contribution in [3.8, 4) is 0 Å². The van der Waals surface area contributed by atoms with Gasteiger partial charge in [0.2, 0.25) is 0 Å². The molecule has 0 saturated heterocycles. The van der Waals surface area contributed by atoms with Gasteiger partial charge in [-0.2, -0.15) is 0 Å². The van der Waals surface area contributed by atoms with E-state index in [1.54, 1.807) is 30.5 Å². The lowest BCUT2D eigenvalue weighted by Gasteiger charge is -2.03. The normalized spacial score (nSPS) is 10.8. The monoisotopic (exact) mass is 325 g/mol. The molecule has 0 amide bonds. The number of sulfone groups is 1. The van der Waals surface area contributed by atoms with Crippen LogP contribution < -0.4 is 0 Å². The summed E-state index contributed by atoms with van der Waals surface area (Å²) in [6.45, 7) is 1.86. The lowest BCUT2D eigenvalue weighted by Crippen LogP contribution is -2.05. The fourth-order valence-electron chi connectivity index (χ4n) is 1.77. The number of halogens is 1. The number of hydrogen-bond donors (Lipinski definition) is 0. The van der Waals surface area contributed by atoms with E-state index in [-0.39, 0.29) is 29.5 Å². The molecule has 4 nitrogen and oxygen atoms in total. The second kappa shape index (κ2) is 6.83. The Morgan fingerprint density at radius 2 is 1.71 bits per heavy atom. The number of pyridine rings is 1. The first-order valence-corrected chi connectivity index (χ1v) is 8.00. The molecule has 0 aliphatic heterocycles. The van der Waals surface area contributed by atoms with Gasteiger partial charge in [0, 0.05) is 30.1 Å². The molecule has 0 fully saturated rings. The van der Waals surface area contributed by atoms with Crippen LogP contribution in [0, 0.1) is 6.92 Å². The SMILES string of the molecule is Cc1ccc(C(=O)Cc2ccc(S(C)(=O)=O)cc2)cn1.Cl. The third-order valence-electron chi connectivity index (χ3n) is 2.95. The van der Waals surface area contributed by atoms with Crippen molar-refractivity contribution in [2.24, 2.45) is 0 Å². The second-order valence-corrected chi connectivity index (χ2v) is 6.72. The Hall–Kier alpha value is -1.72. The van der Waals surface area contributed by atoms with Gasteiger partial charge in [-0.05, 0) is 36.8 Å². The molecule has 2 aromatic rings. The van der Waals surface area contributed by atoms with Gasteiger partial charge >= 0.3 is 0 Å². The molecule has 2 rings (SSSR count). The smallest absolute Gasteiger partial charge is 0.175 e. The van der Waals surface area contributed by atoms with E-state index in [4.69, 9.17) is 0 Å². The average Bonchev–Trinajstić information content (AvgIpc) is 2.39. The molecule has 21 heavy (non-hydrogen) atoms. The highest BCUT2D eigenvalue weighted by Crippen LogP contribution is 2.12. The van der Waals surface area contributed by atoms with E-state index in [1.807, 2.05) is 6.92 Å². The molecular weight excluding hydrogens is 310 g/mol. The third-order valence-corrected chi connectivity index (χ3v) is 4.08. The van der Waals surface area contributed by atoms with Crippen molar-refractivity contribution in [2.45, 2.75) is 18.2 Å². The second-order valence-electron chi connectivity index (χ2n) is 4.70. The molecule has 0 aliphatic carbocycles. The van der Waals surface area contributed by atoms with Crippen molar-refractivity contribution in [3.63, 3.8) is 0 Å². The Morgan fingerprint density at radius 3 is 2.19 bits per heavy atom. The van der Waals surface area contributed by atoms with Crippen molar-refractivity contribution in [1.82, 2.24) is 4.98 Å². The summed E-state index contributed by atoms with van der Waals surface area (Å²) >= 11 is 0. The number of carbonyl (C=O) groups excluding carboxylic acids is 1. The van der Waals surface area contributed by atoms with Gasteiger partial charge in [0.15, 0.2) is 15.6 Å². The summed E-state index contributed by atoms with van der Waals surface area (Å²) in [6.07, 6.45) is 2.95. The summed E-state index contributed by atoms with van der Waals surface area (Å²) in [5, 5.41) is 0. The van der Waals surface area contributed by atoms with Crippen LogP contribution in [-0.2, 0) is 16.3 Å². The van der Waals surface area contributed by atoms with Crippen LogP contribution in [0.4, 0.5) is 0 Å². The van der Waals surface area contributed by atoms with Gasteiger partial charge in [-0.25, -0.2) is 8.42 Å². The van der Waals surface area contributed by atoms with Crippen LogP contribution in [0.2, 0.25) is 0 Å². The molecule has 0 spiro atoms. The van der Waals surface area contributed by atoms with Crippen LogP contribution in [0.1, 0.15) is 21.6 Å². The zero-order valence-corrected chi connectivity index (χ0v) is 13.4. The number of benzene rings is 1. The maximum atomic E-state index is 12.0. The van der Waals surface area contributed by atoms with E-state index in [2.05, 4.69) is 4.98 Å². The van der Waals surface area contributed by atoms with Crippen molar-refractivity contribution in [2.75, 3.05) is 6.26 Å². The van der Waals surface area contributed by atoms with Gasteiger partial charge < -0.3 is 0 Å². The van der Waals surface area contributed by atoms with Gasteiger partial charge in [-0.3, -0.25) is 9.78 Å². The first-order chi connectivity index (χ1) is 9.36. The predicted molar refractivity (Wildman–Crippen MR) is 83.8 cm³/mol. The molecule has 0 saturated carbocycles. The summed E-state index contributed by atoms with van der Waals surface area (Å²) in [7, 11) is -3.20. The van der Waals surface area contributed by atoms with Crippen LogP contribution in [0.25, 0.3) is 0 Å². The topological polar surface area (TPSA) is 64.1 Å². The van der Waals surface area contributed by atoms with E-state index in [0.29, 0.717) is 5.56 Å². The molecule has 0 bridgehead atoms. The molecule has 1 aromatic heterocycles. The quantitative estimate of drug-likeness (QED) is 0.811. The van der Waals surface area contributed by atoms with E-state index >= 15 is 0 Å². The highest BCUT2D eigenvalue weighted by molar-refractivity contribution is 7.90. The number of Topliss-reactive ketones (excluding diaryl/α,β-unsaturated/α-hetero) is 1. The van der Waals surface area contributed by atoms with E-state index in [0.717, 1.165) is 17.5 Å². The highest BCUT2D eigenvalue weighted by Gasteiger charge is 2.10. The largest absolute Gasteiger partial charge is 0.294 e.